The fourth-order valence-corrected chi connectivity index (χ4v) is 2.84. The first-order valence-electron chi connectivity index (χ1n) is 5.77. The average molecular weight is 204 g/mol. The fraction of sp³-hybridized carbons (Fsp3) is 0.571. The van der Waals surface area contributed by atoms with Gasteiger partial charge in [0.05, 0.1) is 6.10 Å². The SMILES string of the molecule is CC1CC(C)(C)c2ccccc2CC1O. The Balaban J connectivity index is 2.48. The minimum Gasteiger partial charge on any atom is -0.393 e. The number of aliphatic hydroxyl groups excluding tert-OH is 1. The lowest BCUT2D eigenvalue weighted by molar-refractivity contribution is 0.107. The van der Waals surface area contributed by atoms with Crippen LogP contribution in [-0.2, 0) is 11.8 Å². The third kappa shape index (κ3) is 1.93. The summed E-state index contributed by atoms with van der Waals surface area (Å²) in [5.41, 5.74) is 2.92. The zero-order chi connectivity index (χ0) is 11.1. The standard InChI is InChI=1S/C14H20O/c1-10-9-14(2,3)12-7-5-4-6-11(12)8-13(10)15/h4-7,10,13,15H,8-9H2,1-3H3. The molecule has 2 unspecified atom stereocenters. The number of hydrogen-bond acceptors (Lipinski definition) is 1. The molecule has 0 bridgehead atoms. The van der Waals surface area contributed by atoms with E-state index in [1.807, 2.05) is 0 Å². The van der Waals surface area contributed by atoms with E-state index in [9.17, 15) is 5.11 Å². The van der Waals surface area contributed by atoms with Gasteiger partial charge in [0.2, 0.25) is 0 Å². The number of rotatable bonds is 0. The summed E-state index contributed by atoms with van der Waals surface area (Å²) in [7, 11) is 0. The van der Waals surface area contributed by atoms with Crippen molar-refractivity contribution in [1.29, 1.82) is 0 Å². The van der Waals surface area contributed by atoms with Crippen molar-refractivity contribution in [2.45, 2.75) is 45.1 Å². The largest absolute Gasteiger partial charge is 0.393 e. The molecule has 1 nitrogen and oxygen atoms in total. The molecule has 0 fully saturated rings. The highest BCUT2D eigenvalue weighted by molar-refractivity contribution is 5.35. The smallest absolute Gasteiger partial charge is 0.0606 e. The second kappa shape index (κ2) is 3.64. The third-order valence-corrected chi connectivity index (χ3v) is 3.66. The summed E-state index contributed by atoms with van der Waals surface area (Å²) in [5.74, 6) is 0.382. The lowest BCUT2D eigenvalue weighted by Crippen LogP contribution is -2.23. The maximum absolute atomic E-state index is 10.0. The molecule has 2 rings (SSSR count). The second-order valence-corrected chi connectivity index (χ2v) is 5.49. The third-order valence-electron chi connectivity index (χ3n) is 3.66. The number of benzene rings is 1. The van der Waals surface area contributed by atoms with Gasteiger partial charge < -0.3 is 5.11 Å². The van der Waals surface area contributed by atoms with Gasteiger partial charge >= 0.3 is 0 Å². The van der Waals surface area contributed by atoms with Crippen LogP contribution in [0.2, 0.25) is 0 Å². The molecule has 82 valence electrons. The van der Waals surface area contributed by atoms with Crippen molar-refractivity contribution < 1.29 is 5.11 Å². The zero-order valence-electron chi connectivity index (χ0n) is 9.83. The molecule has 1 heteroatoms. The Morgan fingerprint density at radius 2 is 1.93 bits per heavy atom. The summed E-state index contributed by atoms with van der Waals surface area (Å²) in [6.07, 6.45) is 1.68. The molecule has 1 N–H and O–H groups in total. The Labute approximate surface area is 92.1 Å². The van der Waals surface area contributed by atoms with Crippen LogP contribution in [0.5, 0.6) is 0 Å². The number of aliphatic hydroxyl groups is 1. The molecule has 0 heterocycles. The number of hydrogen-bond donors (Lipinski definition) is 1. The molecule has 0 amide bonds. The van der Waals surface area contributed by atoms with Crippen molar-refractivity contribution in [2.75, 3.05) is 0 Å². The van der Waals surface area contributed by atoms with Crippen molar-refractivity contribution >= 4 is 0 Å². The van der Waals surface area contributed by atoms with Gasteiger partial charge in [-0.25, -0.2) is 0 Å². The van der Waals surface area contributed by atoms with Crippen molar-refractivity contribution in [3.63, 3.8) is 0 Å². The first-order valence-corrected chi connectivity index (χ1v) is 5.77. The maximum atomic E-state index is 10.0. The van der Waals surface area contributed by atoms with Gasteiger partial charge in [-0.3, -0.25) is 0 Å². The summed E-state index contributed by atoms with van der Waals surface area (Å²) in [6.45, 7) is 6.71. The molecule has 0 spiro atoms. The summed E-state index contributed by atoms with van der Waals surface area (Å²) in [6, 6.07) is 8.53. The summed E-state index contributed by atoms with van der Waals surface area (Å²) in [5, 5.41) is 10.0. The van der Waals surface area contributed by atoms with Crippen LogP contribution in [0.4, 0.5) is 0 Å². The van der Waals surface area contributed by atoms with E-state index in [2.05, 4.69) is 45.0 Å². The van der Waals surface area contributed by atoms with E-state index in [4.69, 9.17) is 0 Å². The minimum absolute atomic E-state index is 0.187. The van der Waals surface area contributed by atoms with Crippen LogP contribution in [0.25, 0.3) is 0 Å². The van der Waals surface area contributed by atoms with Gasteiger partial charge in [0.1, 0.15) is 0 Å². The van der Waals surface area contributed by atoms with Crippen LogP contribution in [-0.4, -0.2) is 11.2 Å². The molecule has 0 saturated carbocycles. The second-order valence-electron chi connectivity index (χ2n) is 5.49. The predicted molar refractivity (Wildman–Crippen MR) is 63.0 cm³/mol. The molecule has 1 aromatic rings. The normalized spacial score (nSPS) is 29.3. The van der Waals surface area contributed by atoms with Crippen molar-refractivity contribution in [3.8, 4) is 0 Å². The minimum atomic E-state index is -0.187. The van der Waals surface area contributed by atoms with Crippen molar-refractivity contribution in [1.82, 2.24) is 0 Å². The van der Waals surface area contributed by atoms with E-state index in [1.54, 1.807) is 0 Å². The average Bonchev–Trinajstić information content (AvgIpc) is 2.24. The van der Waals surface area contributed by atoms with E-state index in [0.717, 1.165) is 12.8 Å². The fourth-order valence-electron chi connectivity index (χ4n) is 2.84. The van der Waals surface area contributed by atoms with Crippen LogP contribution >= 0.6 is 0 Å². The van der Waals surface area contributed by atoms with E-state index in [0.29, 0.717) is 5.92 Å². The Bertz CT molecular complexity index is 354. The molecule has 15 heavy (non-hydrogen) atoms. The Kier molecular flexibility index (Phi) is 2.59. The van der Waals surface area contributed by atoms with Crippen molar-refractivity contribution in [3.05, 3.63) is 35.4 Å². The van der Waals surface area contributed by atoms with E-state index >= 15 is 0 Å². The van der Waals surface area contributed by atoms with Gasteiger partial charge in [0, 0.05) is 0 Å². The molecule has 0 radical (unpaired) electrons. The Morgan fingerprint density at radius 3 is 2.67 bits per heavy atom. The molecular weight excluding hydrogens is 184 g/mol. The van der Waals surface area contributed by atoms with Crippen LogP contribution in [0.15, 0.2) is 24.3 Å². The van der Waals surface area contributed by atoms with E-state index in [1.165, 1.54) is 11.1 Å². The molecule has 0 aromatic heterocycles. The lowest BCUT2D eigenvalue weighted by atomic mass is 9.78. The molecule has 0 aliphatic heterocycles. The van der Waals surface area contributed by atoms with Crippen LogP contribution in [0.3, 0.4) is 0 Å². The van der Waals surface area contributed by atoms with Gasteiger partial charge in [-0.2, -0.15) is 0 Å². The molecule has 1 aliphatic rings. The predicted octanol–water partition coefficient (Wildman–Crippen LogP) is 2.91. The van der Waals surface area contributed by atoms with Gasteiger partial charge in [-0.1, -0.05) is 45.0 Å². The zero-order valence-corrected chi connectivity index (χ0v) is 9.83. The first-order chi connectivity index (χ1) is 7.00. The highest BCUT2D eigenvalue weighted by Crippen LogP contribution is 2.37. The number of fused-ring (bicyclic) bond motifs is 1. The first kappa shape index (κ1) is 10.7. The molecule has 1 aromatic carbocycles. The van der Waals surface area contributed by atoms with Crippen molar-refractivity contribution in [2.24, 2.45) is 5.92 Å². The monoisotopic (exact) mass is 204 g/mol. The molecule has 1 aliphatic carbocycles. The van der Waals surface area contributed by atoms with Gasteiger partial charge in [-0.05, 0) is 35.3 Å². The van der Waals surface area contributed by atoms with E-state index in [-0.39, 0.29) is 11.5 Å². The summed E-state index contributed by atoms with van der Waals surface area (Å²) in [4.78, 5) is 0. The van der Waals surface area contributed by atoms with Crippen LogP contribution < -0.4 is 0 Å². The molecule has 2 atom stereocenters. The van der Waals surface area contributed by atoms with E-state index < -0.39 is 0 Å². The highest BCUT2D eigenvalue weighted by atomic mass is 16.3. The summed E-state index contributed by atoms with van der Waals surface area (Å²) >= 11 is 0. The lowest BCUT2D eigenvalue weighted by Gasteiger charge is -2.27. The van der Waals surface area contributed by atoms with Gasteiger partial charge in [-0.15, -0.1) is 0 Å². The van der Waals surface area contributed by atoms with Gasteiger partial charge in [0.25, 0.3) is 0 Å². The Morgan fingerprint density at radius 1 is 1.27 bits per heavy atom. The topological polar surface area (TPSA) is 20.2 Å². The highest BCUT2D eigenvalue weighted by Gasteiger charge is 2.32. The molecule has 0 saturated heterocycles. The summed E-state index contributed by atoms with van der Waals surface area (Å²) < 4.78 is 0. The van der Waals surface area contributed by atoms with Crippen LogP contribution in [0.1, 0.15) is 38.3 Å². The Hall–Kier alpha value is -0.820. The maximum Gasteiger partial charge on any atom is 0.0606 e. The van der Waals surface area contributed by atoms with Gasteiger partial charge in [0.15, 0.2) is 0 Å². The quantitative estimate of drug-likeness (QED) is 0.644. The molecular formula is C14H20O. The van der Waals surface area contributed by atoms with Crippen LogP contribution in [0, 0.1) is 5.92 Å².